The van der Waals surface area contributed by atoms with Gasteiger partial charge in [0.15, 0.2) is 0 Å². The van der Waals surface area contributed by atoms with Crippen LogP contribution < -0.4 is 4.74 Å². The summed E-state index contributed by atoms with van der Waals surface area (Å²) in [5.74, 6) is -0.490. The number of aromatic nitrogens is 2. The Morgan fingerprint density at radius 2 is 2.05 bits per heavy atom. The number of nitro benzene ring substituents is 1. The number of esters is 1. The van der Waals surface area contributed by atoms with Gasteiger partial charge in [0.2, 0.25) is 0 Å². The third kappa shape index (κ3) is 2.44. The number of aromatic amines is 1. The molecule has 104 valence electrons. The number of hydrogen-bond acceptors (Lipinski definition) is 5. The van der Waals surface area contributed by atoms with Crippen molar-refractivity contribution in [2.24, 2.45) is 0 Å². The zero-order valence-corrected chi connectivity index (χ0v) is 10.6. The van der Waals surface area contributed by atoms with Crippen molar-refractivity contribution in [3.63, 3.8) is 0 Å². The number of nitrogens with zero attached hydrogens (tertiary/aromatic N) is 2. The van der Waals surface area contributed by atoms with Crippen LogP contribution in [-0.4, -0.2) is 20.9 Å². The first-order chi connectivity index (χ1) is 10.1. The molecule has 0 aliphatic carbocycles. The molecule has 0 saturated heterocycles. The van der Waals surface area contributed by atoms with Gasteiger partial charge >= 0.3 is 5.97 Å². The molecule has 0 bridgehead atoms. The highest BCUT2D eigenvalue weighted by Gasteiger charge is 2.21. The predicted molar refractivity (Wildman–Crippen MR) is 74.1 cm³/mol. The summed E-state index contributed by atoms with van der Waals surface area (Å²) < 4.78 is 5.18. The molecule has 7 heteroatoms. The van der Waals surface area contributed by atoms with Crippen molar-refractivity contribution in [1.82, 2.24) is 9.97 Å². The molecular formula is C14H9N3O4. The fourth-order valence-corrected chi connectivity index (χ4v) is 1.95. The lowest BCUT2D eigenvalue weighted by Gasteiger charge is -2.04. The van der Waals surface area contributed by atoms with Gasteiger partial charge in [0.1, 0.15) is 11.3 Å². The van der Waals surface area contributed by atoms with Gasteiger partial charge in [-0.05, 0) is 18.2 Å². The third-order valence-corrected chi connectivity index (χ3v) is 2.92. The average molecular weight is 283 g/mol. The van der Waals surface area contributed by atoms with Crippen LogP contribution in [0, 0.1) is 10.1 Å². The molecule has 21 heavy (non-hydrogen) atoms. The Morgan fingerprint density at radius 1 is 1.24 bits per heavy atom. The van der Waals surface area contributed by atoms with Crippen LogP contribution in [0.1, 0.15) is 10.4 Å². The van der Waals surface area contributed by atoms with E-state index in [0.29, 0.717) is 5.52 Å². The molecule has 0 unspecified atom stereocenters. The van der Waals surface area contributed by atoms with Crippen LogP contribution in [0.25, 0.3) is 11.0 Å². The molecule has 0 aliphatic heterocycles. The van der Waals surface area contributed by atoms with Crippen molar-refractivity contribution in [1.29, 1.82) is 0 Å². The quantitative estimate of drug-likeness (QED) is 0.345. The first kappa shape index (κ1) is 12.8. The number of hydrogen-bond donors (Lipinski definition) is 1. The molecule has 2 aromatic carbocycles. The molecule has 0 aliphatic rings. The van der Waals surface area contributed by atoms with E-state index in [0.717, 1.165) is 5.52 Å². The van der Waals surface area contributed by atoms with Gasteiger partial charge in [-0.1, -0.05) is 12.1 Å². The molecule has 0 spiro atoms. The van der Waals surface area contributed by atoms with Gasteiger partial charge in [-0.2, -0.15) is 0 Å². The van der Waals surface area contributed by atoms with E-state index in [1.54, 1.807) is 24.3 Å². The number of H-pyrrole nitrogens is 1. The van der Waals surface area contributed by atoms with E-state index in [2.05, 4.69) is 9.97 Å². The second-order valence-electron chi connectivity index (χ2n) is 4.25. The molecule has 0 fully saturated rings. The maximum atomic E-state index is 12.1. The number of rotatable bonds is 3. The number of fused-ring (bicyclic) bond motifs is 1. The Morgan fingerprint density at radius 3 is 2.86 bits per heavy atom. The lowest BCUT2D eigenvalue weighted by Crippen LogP contribution is -2.10. The molecule has 0 amide bonds. The monoisotopic (exact) mass is 283 g/mol. The smallest absolute Gasteiger partial charge is 0.350 e. The van der Waals surface area contributed by atoms with Crippen LogP contribution in [0.3, 0.4) is 0 Å². The van der Waals surface area contributed by atoms with Crippen molar-refractivity contribution in [3.05, 3.63) is 64.5 Å². The number of nitro groups is 1. The van der Waals surface area contributed by atoms with Crippen molar-refractivity contribution in [2.75, 3.05) is 0 Å². The zero-order chi connectivity index (χ0) is 14.8. The van der Waals surface area contributed by atoms with Crippen molar-refractivity contribution in [2.45, 2.75) is 0 Å². The fourth-order valence-electron chi connectivity index (χ4n) is 1.95. The summed E-state index contributed by atoms with van der Waals surface area (Å²) in [6.45, 7) is 0. The molecule has 1 aromatic heterocycles. The van der Waals surface area contributed by atoms with Gasteiger partial charge in [0.05, 0.1) is 22.3 Å². The van der Waals surface area contributed by atoms with Crippen LogP contribution in [0.15, 0.2) is 48.8 Å². The predicted octanol–water partition coefficient (Wildman–Crippen LogP) is 2.69. The maximum Gasteiger partial charge on any atom is 0.350 e. The Balaban J connectivity index is 1.91. The molecule has 1 heterocycles. The summed E-state index contributed by atoms with van der Waals surface area (Å²) in [6, 6.07) is 10.5. The number of carbonyl (C=O) groups is 1. The highest BCUT2D eigenvalue weighted by molar-refractivity contribution is 5.95. The van der Waals surface area contributed by atoms with E-state index in [9.17, 15) is 14.9 Å². The van der Waals surface area contributed by atoms with Crippen molar-refractivity contribution < 1.29 is 14.5 Å². The Hall–Kier alpha value is -3.22. The van der Waals surface area contributed by atoms with Gasteiger partial charge in [-0.15, -0.1) is 0 Å². The molecule has 3 aromatic rings. The summed E-state index contributed by atoms with van der Waals surface area (Å²) >= 11 is 0. The van der Waals surface area contributed by atoms with Crippen LogP contribution in [0.4, 0.5) is 5.69 Å². The van der Waals surface area contributed by atoms with E-state index in [4.69, 9.17) is 4.74 Å². The summed E-state index contributed by atoms with van der Waals surface area (Å²) in [6.07, 6.45) is 1.53. The number of para-hydroxylation sites is 1. The normalized spacial score (nSPS) is 10.5. The largest absolute Gasteiger partial charge is 0.423 e. The van der Waals surface area contributed by atoms with Gasteiger partial charge in [-0.3, -0.25) is 10.1 Å². The second-order valence-corrected chi connectivity index (χ2v) is 4.25. The molecular weight excluding hydrogens is 274 g/mol. The van der Waals surface area contributed by atoms with Gasteiger partial charge in [-0.25, -0.2) is 9.78 Å². The fraction of sp³-hybridized carbons (Fsp3) is 0. The third-order valence-electron chi connectivity index (χ3n) is 2.92. The SMILES string of the molecule is O=C(Oc1ccc2nc[nH]c2c1)c1ccccc1[N+](=O)[O-]. The maximum absolute atomic E-state index is 12.1. The summed E-state index contributed by atoms with van der Waals surface area (Å²) in [5.41, 5.74) is 1.07. The molecule has 0 atom stereocenters. The molecule has 7 nitrogen and oxygen atoms in total. The van der Waals surface area contributed by atoms with Crippen molar-refractivity contribution >= 4 is 22.7 Å². The molecule has 0 saturated carbocycles. The van der Waals surface area contributed by atoms with Crippen LogP contribution in [-0.2, 0) is 0 Å². The molecule has 3 rings (SSSR count). The van der Waals surface area contributed by atoms with Crippen LogP contribution in [0.2, 0.25) is 0 Å². The van der Waals surface area contributed by atoms with Crippen LogP contribution >= 0.6 is 0 Å². The Bertz CT molecular complexity index is 841. The average Bonchev–Trinajstić information content (AvgIpc) is 2.94. The number of imidazole rings is 1. The Labute approximate surface area is 118 Å². The first-order valence-electron chi connectivity index (χ1n) is 6.04. The van der Waals surface area contributed by atoms with E-state index in [-0.39, 0.29) is 17.0 Å². The number of benzene rings is 2. The molecule has 1 N–H and O–H groups in total. The number of ether oxygens (including phenoxy) is 1. The highest BCUT2D eigenvalue weighted by Crippen LogP contribution is 2.22. The lowest BCUT2D eigenvalue weighted by molar-refractivity contribution is -0.385. The first-order valence-corrected chi connectivity index (χ1v) is 6.04. The van der Waals surface area contributed by atoms with Crippen molar-refractivity contribution in [3.8, 4) is 5.75 Å². The Kier molecular flexibility index (Phi) is 3.07. The lowest BCUT2D eigenvalue weighted by atomic mass is 10.2. The van der Waals surface area contributed by atoms with Gasteiger partial charge in [0.25, 0.3) is 5.69 Å². The molecule has 0 radical (unpaired) electrons. The minimum absolute atomic E-state index is 0.0905. The second kappa shape index (κ2) is 5.04. The van der Waals surface area contributed by atoms with E-state index < -0.39 is 10.9 Å². The standard InChI is InChI=1S/C14H9N3O4/c18-14(10-3-1-2-4-13(10)17(19)20)21-9-5-6-11-12(7-9)16-8-15-11/h1-8H,(H,15,16). The summed E-state index contributed by atoms with van der Waals surface area (Å²) in [4.78, 5) is 29.3. The van der Waals surface area contributed by atoms with Gasteiger partial charge < -0.3 is 9.72 Å². The summed E-state index contributed by atoms with van der Waals surface area (Å²) in [7, 11) is 0. The van der Waals surface area contributed by atoms with E-state index in [1.165, 1.54) is 24.5 Å². The zero-order valence-electron chi connectivity index (χ0n) is 10.6. The topological polar surface area (TPSA) is 98.1 Å². The van der Waals surface area contributed by atoms with Crippen LogP contribution in [0.5, 0.6) is 5.75 Å². The van der Waals surface area contributed by atoms with E-state index in [1.807, 2.05) is 0 Å². The van der Waals surface area contributed by atoms with E-state index >= 15 is 0 Å². The van der Waals surface area contributed by atoms with Gasteiger partial charge in [0, 0.05) is 12.1 Å². The minimum atomic E-state index is -0.777. The number of nitrogens with one attached hydrogen (secondary N) is 1. The summed E-state index contributed by atoms with van der Waals surface area (Å²) in [5, 5.41) is 10.9. The number of carbonyl (C=O) groups excluding carboxylic acids is 1. The highest BCUT2D eigenvalue weighted by atomic mass is 16.6. The minimum Gasteiger partial charge on any atom is -0.423 e.